The lowest BCUT2D eigenvalue weighted by atomic mass is 10.2. The maximum Gasteiger partial charge on any atom is 0.234 e. The molecule has 2 aliphatic rings. The van der Waals surface area contributed by atoms with Crippen LogP contribution in [0.1, 0.15) is 18.4 Å². The molecule has 2 heterocycles. The Morgan fingerprint density at radius 1 is 1.38 bits per heavy atom. The van der Waals surface area contributed by atoms with E-state index in [0.717, 1.165) is 49.3 Å². The monoisotopic (exact) mass is 352 g/mol. The van der Waals surface area contributed by atoms with Crippen LogP contribution in [0.5, 0.6) is 0 Å². The Morgan fingerprint density at radius 3 is 2.71 bits per heavy atom. The van der Waals surface area contributed by atoms with E-state index in [0.29, 0.717) is 12.6 Å². The van der Waals surface area contributed by atoms with Crippen LogP contribution in [0.4, 0.5) is 5.82 Å². The first kappa shape index (κ1) is 14.8. The average Bonchev–Trinajstić information content (AvgIpc) is 3.24. The predicted octanol–water partition coefficient (Wildman–Crippen LogP) is 1.55. The minimum absolute atomic E-state index is 0.170. The van der Waals surface area contributed by atoms with E-state index in [4.69, 9.17) is 0 Å². The van der Waals surface area contributed by atoms with E-state index in [-0.39, 0.29) is 5.91 Å². The van der Waals surface area contributed by atoms with Gasteiger partial charge in [-0.3, -0.25) is 9.69 Å². The topological polar surface area (TPSA) is 48.5 Å². The van der Waals surface area contributed by atoms with Crippen LogP contribution in [0, 0.1) is 6.92 Å². The molecule has 0 bridgehead atoms. The molecule has 0 radical (unpaired) electrons. The van der Waals surface area contributed by atoms with Gasteiger partial charge in [0, 0.05) is 42.9 Å². The molecule has 2 fully saturated rings. The number of nitrogens with one attached hydrogen (secondary N) is 1. The highest BCUT2D eigenvalue weighted by atomic mass is 79.9. The van der Waals surface area contributed by atoms with Crippen LogP contribution in [0.15, 0.2) is 16.7 Å². The maximum absolute atomic E-state index is 11.8. The lowest BCUT2D eigenvalue weighted by molar-refractivity contribution is -0.122. The molecular weight excluding hydrogens is 332 g/mol. The molecule has 1 saturated carbocycles. The third-order valence-corrected chi connectivity index (χ3v) is 4.43. The number of pyridine rings is 1. The van der Waals surface area contributed by atoms with Crippen LogP contribution in [-0.2, 0) is 4.79 Å². The molecule has 1 aromatic heterocycles. The first-order valence-corrected chi connectivity index (χ1v) is 8.30. The summed E-state index contributed by atoms with van der Waals surface area (Å²) in [6, 6.07) is 2.55. The highest BCUT2D eigenvalue weighted by Crippen LogP contribution is 2.22. The van der Waals surface area contributed by atoms with Crippen molar-refractivity contribution >= 4 is 27.7 Å². The van der Waals surface area contributed by atoms with E-state index in [1.54, 1.807) is 0 Å². The van der Waals surface area contributed by atoms with Gasteiger partial charge in [0.2, 0.25) is 5.91 Å². The van der Waals surface area contributed by atoms with Gasteiger partial charge in [-0.05, 0) is 47.3 Å². The molecule has 1 saturated heterocycles. The number of carbonyl (C=O) groups is 1. The Kier molecular flexibility index (Phi) is 4.45. The quantitative estimate of drug-likeness (QED) is 0.893. The molecule has 0 unspecified atom stereocenters. The molecule has 3 rings (SSSR count). The Morgan fingerprint density at radius 2 is 2.10 bits per heavy atom. The van der Waals surface area contributed by atoms with Crippen molar-refractivity contribution in [1.82, 2.24) is 15.2 Å². The second-order valence-corrected chi connectivity index (χ2v) is 6.81. The van der Waals surface area contributed by atoms with E-state index >= 15 is 0 Å². The van der Waals surface area contributed by atoms with Crippen molar-refractivity contribution < 1.29 is 4.79 Å². The Balaban J connectivity index is 1.51. The number of aromatic nitrogens is 1. The molecule has 6 heteroatoms. The summed E-state index contributed by atoms with van der Waals surface area (Å²) in [5.41, 5.74) is 1.18. The maximum atomic E-state index is 11.8. The number of hydrogen-bond acceptors (Lipinski definition) is 4. The molecule has 1 aliphatic heterocycles. The smallest absolute Gasteiger partial charge is 0.234 e. The molecule has 114 valence electrons. The molecule has 0 aromatic carbocycles. The fraction of sp³-hybridized carbons (Fsp3) is 0.600. The van der Waals surface area contributed by atoms with Gasteiger partial charge < -0.3 is 10.2 Å². The third-order valence-electron chi connectivity index (χ3n) is 4.00. The van der Waals surface area contributed by atoms with E-state index in [9.17, 15) is 4.79 Å². The second kappa shape index (κ2) is 6.32. The zero-order valence-electron chi connectivity index (χ0n) is 12.3. The SMILES string of the molecule is Cc1cc(Br)cnc1N1CCN(CC(=O)NC2CC2)CC1. The molecule has 1 aromatic rings. The number of amides is 1. The lowest BCUT2D eigenvalue weighted by Crippen LogP contribution is -2.50. The zero-order chi connectivity index (χ0) is 14.8. The van der Waals surface area contributed by atoms with Gasteiger partial charge in [-0.15, -0.1) is 0 Å². The number of aryl methyl sites for hydroxylation is 1. The van der Waals surface area contributed by atoms with Crippen LogP contribution >= 0.6 is 15.9 Å². The number of nitrogens with zero attached hydrogens (tertiary/aromatic N) is 3. The highest BCUT2D eigenvalue weighted by molar-refractivity contribution is 9.10. The summed E-state index contributed by atoms with van der Waals surface area (Å²) in [6.45, 7) is 6.28. The molecule has 21 heavy (non-hydrogen) atoms. The predicted molar refractivity (Wildman–Crippen MR) is 86.5 cm³/mol. The summed E-state index contributed by atoms with van der Waals surface area (Å²) < 4.78 is 1.01. The summed E-state index contributed by atoms with van der Waals surface area (Å²) in [6.07, 6.45) is 4.14. The van der Waals surface area contributed by atoms with Gasteiger partial charge in [0.1, 0.15) is 5.82 Å². The zero-order valence-corrected chi connectivity index (χ0v) is 13.9. The number of anilines is 1. The first-order valence-electron chi connectivity index (χ1n) is 7.50. The van der Waals surface area contributed by atoms with Crippen molar-refractivity contribution in [1.29, 1.82) is 0 Å². The summed E-state index contributed by atoms with van der Waals surface area (Å²) in [5.74, 6) is 1.23. The second-order valence-electron chi connectivity index (χ2n) is 5.90. The van der Waals surface area contributed by atoms with Crippen molar-refractivity contribution in [2.24, 2.45) is 0 Å². The molecule has 1 aliphatic carbocycles. The van der Waals surface area contributed by atoms with Crippen LogP contribution in [0.2, 0.25) is 0 Å². The van der Waals surface area contributed by atoms with Crippen molar-refractivity contribution in [3.8, 4) is 0 Å². The van der Waals surface area contributed by atoms with E-state index < -0.39 is 0 Å². The Labute approximate surface area is 133 Å². The minimum Gasteiger partial charge on any atom is -0.354 e. The lowest BCUT2D eigenvalue weighted by Gasteiger charge is -2.35. The van der Waals surface area contributed by atoms with Crippen molar-refractivity contribution in [2.75, 3.05) is 37.6 Å². The Bertz CT molecular complexity index is 524. The molecular formula is C15H21BrN4O. The van der Waals surface area contributed by atoms with Crippen LogP contribution in [0.3, 0.4) is 0 Å². The fourth-order valence-corrected chi connectivity index (χ4v) is 3.13. The third kappa shape index (κ3) is 3.95. The van der Waals surface area contributed by atoms with E-state index in [1.807, 2.05) is 6.20 Å². The van der Waals surface area contributed by atoms with Gasteiger partial charge in [0.25, 0.3) is 0 Å². The average molecular weight is 353 g/mol. The number of hydrogen-bond donors (Lipinski definition) is 1. The standard InChI is InChI=1S/C15H21BrN4O/c1-11-8-12(16)9-17-15(11)20-6-4-19(5-7-20)10-14(21)18-13-2-3-13/h8-9,13H,2-7,10H2,1H3,(H,18,21). The molecule has 5 nitrogen and oxygen atoms in total. The first-order chi connectivity index (χ1) is 10.1. The van der Waals surface area contributed by atoms with Crippen LogP contribution in [0.25, 0.3) is 0 Å². The van der Waals surface area contributed by atoms with Crippen molar-refractivity contribution in [3.05, 3.63) is 22.3 Å². The molecule has 0 atom stereocenters. The minimum atomic E-state index is 0.170. The van der Waals surface area contributed by atoms with Gasteiger partial charge in [-0.2, -0.15) is 0 Å². The van der Waals surface area contributed by atoms with E-state index in [1.165, 1.54) is 5.56 Å². The molecule has 0 spiro atoms. The number of piperazine rings is 1. The fourth-order valence-electron chi connectivity index (χ4n) is 2.69. The van der Waals surface area contributed by atoms with Crippen LogP contribution in [-0.4, -0.2) is 54.6 Å². The summed E-state index contributed by atoms with van der Waals surface area (Å²) >= 11 is 3.45. The van der Waals surface area contributed by atoms with E-state index in [2.05, 4.69) is 49.0 Å². The largest absolute Gasteiger partial charge is 0.354 e. The molecule has 1 N–H and O–H groups in total. The van der Waals surface area contributed by atoms with Crippen LogP contribution < -0.4 is 10.2 Å². The summed E-state index contributed by atoms with van der Waals surface area (Å²) in [4.78, 5) is 20.9. The van der Waals surface area contributed by atoms with Gasteiger partial charge in [-0.25, -0.2) is 4.98 Å². The highest BCUT2D eigenvalue weighted by Gasteiger charge is 2.25. The van der Waals surface area contributed by atoms with Crippen molar-refractivity contribution in [3.63, 3.8) is 0 Å². The van der Waals surface area contributed by atoms with Gasteiger partial charge in [-0.1, -0.05) is 0 Å². The Hall–Kier alpha value is -1.14. The van der Waals surface area contributed by atoms with Gasteiger partial charge >= 0.3 is 0 Å². The van der Waals surface area contributed by atoms with Crippen molar-refractivity contribution in [2.45, 2.75) is 25.8 Å². The van der Waals surface area contributed by atoms with Gasteiger partial charge in [0.15, 0.2) is 0 Å². The normalized spacial score (nSPS) is 19.6. The summed E-state index contributed by atoms with van der Waals surface area (Å²) in [7, 11) is 0. The number of rotatable bonds is 4. The summed E-state index contributed by atoms with van der Waals surface area (Å²) in [5, 5.41) is 3.05. The number of carbonyl (C=O) groups excluding carboxylic acids is 1. The van der Waals surface area contributed by atoms with Gasteiger partial charge in [0.05, 0.1) is 6.54 Å². The molecule has 1 amide bonds. The number of halogens is 1.